The van der Waals surface area contributed by atoms with Gasteiger partial charge in [0.25, 0.3) is 5.56 Å². The summed E-state index contributed by atoms with van der Waals surface area (Å²) in [4.78, 5) is 38.2. The summed E-state index contributed by atoms with van der Waals surface area (Å²) in [7, 11) is 1.57. The standard InChI is InChI=1S/C26H26N8O2/c1-3-4-12-33-23-22(19(13-27)24(33)32-11-7-9-18(28)15-32)31(2)26(36)34(25(23)35)16-21-29-14-17-8-5-6-10-20(17)30-21/h5-6,8,10,14,18H,7,9,11-12,15-16,28H2,1-2H3. The lowest BCUT2D eigenvalue weighted by Crippen LogP contribution is -2.44. The van der Waals surface area contributed by atoms with Gasteiger partial charge in [-0.3, -0.25) is 13.9 Å². The fourth-order valence-corrected chi connectivity index (χ4v) is 4.94. The Morgan fingerprint density at radius 2 is 2.00 bits per heavy atom. The predicted octanol–water partition coefficient (Wildman–Crippen LogP) is 1.32. The molecular weight excluding hydrogens is 456 g/mol. The fourth-order valence-electron chi connectivity index (χ4n) is 4.94. The average molecular weight is 483 g/mol. The quantitative estimate of drug-likeness (QED) is 0.435. The number of para-hydroxylation sites is 1. The number of hydrogen-bond acceptors (Lipinski definition) is 7. The molecule has 182 valence electrons. The van der Waals surface area contributed by atoms with E-state index in [1.165, 1.54) is 4.57 Å². The molecule has 0 spiro atoms. The highest BCUT2D eigenvalue weighted by Gasteiger charge is 2.29. The van der Waals surface area contributed by atoms with Gasteiger partial charge in [0.2, 0.25) is 0 Å². The Morgan fingerprint density at radius 3 is 2.75 bits per heavy atom. The van der Waals surface area contributed by atoms with Gasteiger partial charge >= 0.3 is 5.69 Å². The van der Waals surface area contributed by atoms with E-state index in [1.807, 2.05) is 29.2 Å². The molecule has 1 aromatic carbocycles. The highest BCUT2D eigenvalue weighted by Crippen LogP contribution is 2.32. The van der Waals surface area contributed by atoms with E-state index in [0.29, 0.717) is 30.2 Å². The summed E-state index contributed by atoms with van der Waals surface area (Å²) in [5, 5.41) is 11.0. The second-order valence-electron chi connectivity index (χ2n) is 8.95. The highest BCUT2D eigenvalue weighted by molar-refractivity contribution is 5.90. The zero-order chi connectivity index (χ0) is 25.4. The minimum absolute atomic E-state index is 0.0421. The van der Waals surface area contributed by atoms with Crippen LogP contribution in [0.5, 0.6) is 0 Å². The normalized spacial score (nSPS) is 15.6. The Morgan fingerprint density at radius 1 is 1.19 bits per heavy atom. The molecule has 0 aliphatic carbocycles. The SMILES string of the molecule is CC#CCn1c(N2CCCC(N)C2)c(C#N)c2c1c(=O)n(Cc1ncc3ccccc3n1)c(=O)n2C. The smallest absolute Gasteiger partial charge is 0.331 e. The molecule has 1 atom stereocenters. The maximum atomic E-state index is 13.9. The fraction of sp³-hybridized carbons (Fsp3) is 0.346. The number of nitriles is 1. The third-order valence-electron chi connectivity index (χ3n) is 6.63. The van der Waals surface area contributed by atoms with Crippen LogP contribution in [0.25, 0.3) is 21.9 Å². The predicted molar refractivity (Wildman–Crippen MR) is 138 cm³/mol. The van der Waals surface area contributed by atoms with Crippen molar-refractivity contribution in [2.75, 3.05) is 18.0 Å². The largest absolute Gasteiger partial charge is 0.355 e. The minimum atomic E-state index is -0.540. The van der Waals surface area contributed by atoms with Crippen LogP contribution in [0.15, 0.2) is 40.1 Å². The molecule has 1 aliphatic heterocycles. The summed E-state index contributed by atoms with van der Waals surface area (Å²) in [6.07, 6.45) is 3.44. The molecule has 0 radical (unpaired) electrons. The van der Waals surface area contributed by atoms with E-state index in [1.54, 1.807) is 24.7 Å². The first-order valence-electron chi connectivity index (χ1n) is 11.8. The topological polar surface area (TPSA) is 128 Å². The van der Waals surface area contributed by atoms with Crippen molar-refractivity contribution in [3.8, 4) is 17.9 Å². The Labute approximate surface area is 207 Å². The molecule has 4 heterocycles. The Bertz CT molecular complexity index is 1710. The van der Waals surface area contributed by atoms with Crippen molar-refractivity contribution in [2.45, 2.75) is 38.9 Å². The van der Waals surface area contributed by atoms with E-state index >= 15 is 0 Å². The van der Waals surface area contributed by atoms with Crippen molar-refractivity contribution in [3.05, 3.63) is 62.7 Å². The minimum Gasteiger partial charge on any atom is -0.355 e. The average Bonchev–Trinajstić information content (AvgIpc) is 3.23. The van der Waals surface area contributed by atoms with Gasteiger partial charge in [-0.2, -0.15) is 5.26 Å². The summed E-state index contributed by atoms with van der Waals surface area (Å²) in [5.41, 5.74) is 6.75. The Kier molecular flexibility index (Phi) is 6.05. The zero-order valence-corrected chi connectivity index (χ0v) is 20.2. The van der Waals surface area contributed by atoms with Gasteiger partial charge in [0.05, 0.1) is 24.1 Å². The molecule has 1 saturated heterocycles. The van der Waals surface area contributed by atoms with Crippen LogP contribution in [0.3, 0.4) is 0 Å². The van der Waals surface area contributed by atoms with E-state index in [9.17, 15) is 14.9 Å². The third-order valence-corrected chi connectivity index (χ3v) is 6.63. The van der Waals surface area contributed by atoms with Gasteiger partial charge in [-0.25, -0.2) is 14.8 Å². The molecular formula is C26H26N8O2. The Hall–Kier alpha value is -4.41. The maximum absolute atomic E-state index is 13.9. The van der Waals surface area contributed by atoms with Crippen LogP contribution in [0.4, 0.5) is 5.82 Å². The van der Waals surface area contributed by atoms with Gasteiger partial charge in [0.15, 0.2) is 0 Å². The molecule has 10 heteroatoms. The molecule has 0 amide bonds. The van der Waals surface area contributed by atoms with E-state index in [0.717, 1.165) is 28.3 Å². The van der Waals surface area contributed by atoms with Crippen molar-refractivity contribution >= 4 is 27.8 Å². The summed E-state index contributed by atoms with van der Waals surface area (Å²) in [6, 6.07) is 9.73. The summed E-state index contributed by atoms with van der Waals surface area (Å²) in [5.74, 6) is 6.82. The lowest BCUT2D eigenvalue weighted by Gasteiger charge is -2.33. The molecule has 5 rings (SSSR count). The van der Waals surface area contributed by atoms with Gasteiger partial charge in [-0.1, -0.05) is 24.1 Å². The number of fused-ring (bicyclic) bond motifs is 2. The van der Waals surface area contributed by atoms with E-state index in [-0.39, 0.29) is 30.2 Å². The monoisotopic (exact) mass is 482 g/mol. The molecule has 0 saturated carbocycles. The van der Waals surface area contributed by atoms with Crippen LogP contribution in [-0.2, 0) is 20.1 Å². The maximum Gasteiger partial charge on any atom is 0.331 e. The highest BCUT2D eigenvalue weighted by atomic mass is 16.2. The number of benzene rings is 1. The molecule has 1 fully saturated rings. The zero-order valence-electron chi connectivity index (χ0n) is 20.2. The second-order valence-corrected chi connectivity index (χ2v) is 8.95. The molecule has 36 heavy (non-hydrogen) atoms. The van der Waals surface area contributed by atoms with Crippen LogP contribution in [0.1, 0.15) is 31.2 Å². The lowest BCUT2D eigenvalue weighted by atomic mass is 10.1. The first-order chi connectivity index (χ1) is 17.4. The second kappa shape index (κ2) is 9.33. The summed E-state index contributed by atoms with van der Waals surface area (Å²) in [6.45, 7) is 3.08. The van der Waals surface area contributed by atoms with Crippen LogP contribution < -0.4 is 21.9 Å². The van der Waals surface area contributed by atoms with Crippen LogP contribution in [0, 0.1) is 23.2 Å². The van der Waals surface area contributed by atoms with Crippen molar-refractivity contribution in [1.29, 1.82) is 5.26 Å². The molecule has 2 N–H and O–H groups in total. The van der Waals surface area contributed by atoms with E-state index in [4.69, 9.17) is 5.73 Å². The molecule has 1 unspecified atom stereocenters. The third kappa shape index (κ3) is 3.82. The van der Waals surface area contributed by atoms with Crippen LogP contribution >= 0.6 is 0 Å². The first kappa shape index (κ1) is 23.3. The molecule has 0 bridgehead atoms. The van der Waals surface area contributed by atoms with Crippen LogP contribution in [0.2, 0.25) is 0 Å². The van der Waals surface area contributed by atoms with E-state index in [2.05, 4.69) is 27.9 Å². The van der Waals surface area contributed by atoms with Crippen molar-refractivity contribution in [3.63, 3.8) is 0 Å². The van der Waals surface area contributed by atoms with Gasteiger partial charge in [-0.05, 0) is 25.8 Å². The molecule has 10 nitrogen and oxygen atoms in total. The number of hydrogen-bond donors (Lipinski definition) is 1. The lowest BCUT2D eigenvalue weighted by molar-refractivity contribution is 0.499. The summed E-state index contributed by atoms with van der Waals surface area (Å²) >= 11 is 0. The number of rotatable bonds is 4. The number of piperidine rings is 1. The number of aromatic nitrogens is 5. The number of anilines is 1. The summed E-state index contributed by atoms with van der Waals surface area (Å²) < 4.78 is 4.23. The Balaban J connectivity index is 1.75. The van der Waals surface area contributed by atoms with Gasteiger partial charge in [-0.15, -0.1) is 5.92 Å². The molecule has 3 aromatic heterocycles. The van der Waals surface area contributed by atoms with Crippen LogP contribution in [-0.4, -0.2) is 42.8 Å². The molecule has 1 aliphatic rings. The number of aryl methyl sites for hydroxylation is 1. The van der Waals surface area contributed by atoms with Crippen molar-refractivity contribution < 1.29 is 0 Å². The first-order valence-corrected chi connectivity index (χ1v) is 11.8. The van der Waals surface area contributed by atoms with Crippen molar-refractivity contribution in [1.82, 2.24) is 23.7 Å². The number of nitrogens with two attached hydrogens (primary N) is 1. The van der Waals surface area contributed by atoms with Gasteiger partial charge in [0.1, 0.15) is 28.8 Å². The van der Waals surface area contributed by atoms with Crippen molar-refractivity contribution in [2.24, 2.45) is 12.8 Å². The number of nitrogens with zero attached hydrogens (tertiary/aromatic N) is 7. The van der Waals surface area contributed by atoms with E-state index < -0.39 is 11.2 Å². The van der Waals surface area contributed by atoms with Gasteiger partial charge in [0, 0.05) is 37.8 Å². The molecule has 4 aromatic rings. The van der Waals surface area contributed by atoms with Gasteiger partial charge < -0.3 is 15.2 Å².